The molecule has 0 aromatic heterocycles. The van der Waals surface area contributed by atoms with Crippen molar-refractivity contribution in [1.29, 1.82) is 0 Å². The zero-order valence-corrected chi connectivity index (χ0v) is 24.7. The van der Waals surface area contributed by atoms with E-state index in [2.05, 4.69) is 64.1 Å². The number of carbonyl (C=O) groups excluding carboxylic acids is 3. The number of hydrogen-bond donors (Lipinski definition) is 1. The number of hydrogen-bond acceptors (Lipinski definition) is 4. The normalized spacial score (nSPS) is 11.6. The van der Waals surface area contributed by atoms with Crippen LogP contribution >= 0.6 is 0 Å². The number of ketones is 1. The molecule has 1 rings (SSSR count). The van der Waals surface area contributed by atoms with Crippen molar-refractivity contribution < 1.29 is 19.1 Å². The molecule has 0 aliphatic heterocycles. The largest absolute Gasteiger partial charge is 0.497 e. The highest BCUT2D eigenvalue weighted by molar-refractivity contribution is 5.93. The van der Waals surface area contributed by atoms with Gasteiger partial charge in [0, 0.05) is 12.8 Å². The van der Waals surface area contributed by atoms with E-state index >= 15 is 0 Å². The fourth-order valence-corrected chi connectivity index (χ4v) is 2.74. The Morgan fingerprint density at radius 1 is 1.08 bits per heavy atom. The molecular weight excluding hydrogens is 450 g/mol. The first-order chi connectivity index (χ1) is 16.9. The summed E-state index contributed by atoms with van der Waals surface area (Å²) in [5.41, 5.74) is 2.94. The van der Waals surface area contributed by atoms with Crippen molar-refractivity contribution in [2.75, 3.05) is 7.11 Å². The van der Waals surface area contributed by atoms with Crippen molar-refractivity contribution in [3.8, 4) is 18.1 Å². The Balaban J connectivity index is -0.000000460. The van der Waals surface area contributed by atoms with E-state index < -0.39 is 5.54 Å². The highest BCUT2D eigenvalue weighted by Gasteiger charge is 2.31. The second kappa shape index (κ2) is 22.6. The molecule has 0 unspecified atom stereocenters. The van der Waals surface area contributed by atoms with Crippen molar-refractivity contribution in [3.63, 3.8) is 0 Å². The molecule has 204 valence electrons. The molecule has 1 aromatic carbocycles. The molecule has 0 saturated carbocycles. The van der Waals surface area contributed by atoms with Crippen molar-refractivity contribution >= 4 is 23.5 Å². The quantitative estimate of drug-likeness (QED) is 0.286. The van der Waals surface area contributed by atoms with Gasteiger partial charge in [0.1, 0.15) is 12.0 Å². The van der Waals surface area contributed by atoms with Crippen LogP contribution in [0.1, 0.15) is 106 Å². The van der Waals surface area contributed by atoms with E-state index in [1.54, 1.807) is 14.0 Å². The molecule has 1 aromatic rings. The molecule has 0 fully saturated rings. The summed E-state index contributed by atoms with van der Waals surface area (Å²) >= 11 is 0. The van der Waals surface area contributed by atoms with Crippen LogP contribution in [0.15, 0.2) is 24.3 Å². The van der Waals surface area contributed by atoms with Gasteiger partial charge in [0.15, 0.2) is 11.3 Å². The van der Waals surface area contributed by atoms with E-state index in [4.69, 9.17) is 11.2 Å². The predicted octanol–water partition coefficient (Wildman–Crippen LogP) is 7.21. The topological polar surface area (TPSA) is 72.5 Å². The maximum atomic E-state index is 11.1. The number of rotatable bonds is 9. The summed E-state index contributed by atoms with van der Waals surface area (Å²) in [6.45, 7) is 19.1. The lowest BCUT2D eigenvalue weighted by atomic mass is 9.92. The number of Topliss-reactive ketones (excluding diaryl/α,β-unsaturated/α-hetero) is 1. The summed E-state index contributed by atoms with van der Waals surface area (Å²) in [6, 6.07) is 6.31. The molecule has 5 heteroatoms. The van der Waals surface area contributed by atoms with Crippen molar-refractivity contribution in [3.05, 3.63) is 35.4 Å². The fourth-order valence-electron chi connectivity index (χ4n) is 2.74. The zero-order chi connectivity index (χ0) is 28.7. The van der Waals surface area contributed by atoms with Gasteiger partial charge in [-0.1, -0.05) is 79.4 Å². The molecule has 5 nitrogen and oxygen atoms in total. The molecule has 0 saturated heterocycles. The van der Waals surface area contributed by atoms with Gasteiger partial charge >= 0.3 is 0 Å². The average Bonchev–Trinajstić information content (AvgIpc) is 2.87. The Morgan fingerprint density at radius 3 is 1.86 bits per heavy atom. The van der Waals surface area contributed by atoms with Gasteiger partial charge in [0.05, 0.1) is 7.11 Å². The Labute approximate surface area is 221 Å². The Kier molecular flexibility index (Phi) is 23.6. The average molecular weight is 502 g/mol. The summed E-state index contributed by atoms with van der Waals surface area (Å²) in [7, 11) is 1.71. The zero-order valence-electron chi connectivity index (χ0n) is 24.7. The van der Waals surface area contributed by atoms with Crippen LogP contribution in [-0.4, -0.2) is 30.6 Å². The van der Waals surface area contributed by atoms with E-state index in [0.717, 1.165) is 24.9 Å². The molecule has 1 atom stereocenters. The molecule has 0 aliphatic carbocycles. The lowest BCUT2D eigenvalue weighted by Gasteiger charge is -2.24. The smallest absolute Gasteiger partial charge is 0.218 e. The number of unbranched alkanes of at least 4 members (excludes halogenated alkanes) is 1. The van der Waals surface area contributed by atoms with Gasteiger partial charge in [0.25, 0.3) is 0 Å². The number of ether oxygens (including phenoxy) is 1. The summed E-state index contributed by atoms with van der Waals surface area (Å²) in [6.07, 6.45) is 13.5. The van der Waals surface area contributed by atoms with Crippen LogP contribution < -0.4 is 10.1 Å². The van der Waals surface area contributed by atoms with Crippen LogP contribution in [0.3, 0.4) is 0 Å². The molecule has 0 aliphatic rings. The van der Waals surface area contributed by atoms with E-state index in [-0.39, 0.29) is 17.6 Å². The first-order valence-corrected chi connectivity index (χ1v) is 13.0. The predicted molar refractivity (Wildman–Crippen MR) is 154 cm³/mol. The van der Waals surface area contributed by atoms with Crippen molar-refractivity contribution in [1.82, 2.24) is 5.32 Å². The molecular formula is C31H51NO4. The minimum absolute atomic E-state index is 0.204. The SMILES string of the molecule is C#C[C@](CC)(NC(C)=O)C(C)=O.CC(C)C=O.CC/C=C(\C)c1cc(OC)ccc1CC.CCCC. The molecule has 0 radical (unpaired) electrons. The number of carbonyl (C=O) groups is 3. The molecule has 0 bridgehead atoms. The van der Waals surface area contributed by atoms with Gasteiger partial charge in [-0.05, 0) is 61.9 Å². The van der Waals surface area contributed by atoms with E-state index in [9.17, 15) is 14.4 Å². The second-order valence-corrected chi connectivity index (χ2v) is 8.69. The Morgan fingerprint density at radius 2 is 1.61 bits per heavy atom. The van der Waals surface area contributed by atoms with Crippen LogP contribution in [-0.2, 0) is 20.8 Å². The monoisotopic (exact) mass is 501 g/mol. The summed E-state index contributed by atoms with van der Waals surface area (Å²) in [4.78, 5) is 31.3. The molecule has 36 heavy (non-hydrogen) atoms. The maximum Gasteiger partial charge on any atom is 0.218 e. The first-order valence-electron chi connectivity index (χ1n) is 13.0. The van der Waals surface area contributed by atoms with Crippen LogP contribution in [0.2, 0.25) is 0 Å². The third-order valence-corrected chi connectivity index (χ3v) is 5.17. The van der Waals surface area contributed by atoms with Gasteiger partial charge in [-0.3, -0.25) is 9.59 Å². The number of benzene rings is 1. The molecule has 1 amide bonds. The highest BCUT2D eigenvalue weighted by atomic mass is 16.5. The Hall–Kier alpha value is -2.87. The van der Waals surface area contributed by atoms with Crippen LogP contribution in [0, 0.1) is 18.3 Å². The summed E-state index contributed by atoms with van der Waals surface area (Å²) < 4.78 is 5.26. The number of aryl methyl sites for hydroxylation is 1. The van der Waals surface area contributed by atoms with E-state index in [0.29, 0.717) is 6.42 Å². The van der Waals surface area contributed by atoms with Gasteiger partial charge in [-0.2, -0.15) is 0 Å². The molecule has 0 spiro atoms. The molecule has 0 heterocycles. The van der Waals surface area contributed by atoms with Crippen LogP contribution in [0.25, 0.3) is 5.57 Å². The van der Waals surface area contributed by atoms with Crippen LogP contribution in [0.5, 0.6) is 5.75 Å². The van der Waals surface area contributed by atoms with Gasteiger partial charge < -0.3 is 14.8 Å². The summed E-state index contributed by atoms with van der Waals surface area (Å²) in [5.74, 6) is 2.96. The highest BCUT2D eigenvalue weighted by Crippen LogP contribution is 2.25. The number of methoxy groups -OCH3 is 1. The maximum absolute atomic E-state index is 11.1. The molecule has 1 N–H and O–H groups in total. The standard InChI is InChI=1S/C14H20O.C9H13NO2.C4H8O.C4H10/c1-5-7-11(3)14-10-13(15-4)9-8-12(14)6-2;1-5-9(6-2,7(3)11)10-8(4)12;1-4(2)3-5;1-3-4-2/h7-10H,5-6H2,1-4H3;1H,6H2,2-4H3,(H,10,12);3-4H,1-2H3;3-4H2,1-2H3/b11-7+;;;/t;9-;;/m.1../s1. The second-order valence-electron chi connectivity index (χ2n) is 8.69. The van der Waals surface area contributed by atoms with Crippen molar-refractivity contribution in [2.45, 2.75) is 107 Å². The number of aldehydes is 1. The van der Waals surface area contributed by atoms with Crippen LogP contribution in [0.4, 0.5) is 0 Å². The minimum Gasteiger partial charge on any atom is -0.497 e. The van der Waals surface area contributed by atoms with E-state index in [1.165, 1.54) is 43.4 Å². The van der Waals surface area contributed by atoms with E-state index in [1.807, 2.05) is 19.9 Å². The third kappa shape index (κ3) is 16.7. The fraction of sp³-hybridized carbons (Fsp3) is 0.581. The minimum atomic E-state index is -1.11. The number of nitrogens with one attached hydrogen (secondary N) is 1. The first kappa shape index (κ1) is 37.7. The van der Waals surface area contributed by atoms with Crippen molar-refractivity contribution in [2.24, 2.45) is 5.92 Å². The number of allylic oxidation sites excluding steroid dienone is 2. The van der Waals surface area contributed by atoms with Gasteiger partial charge in [-0.15, -0.1) is 6.42 Å². The lowest BCUT2D eigenvalue weighted by molar-refractivity contribution is -0.127. The van der Waals surface area contributed by atoms with Gasteiger partial charge in [-0.25, -0.2) is 0 Å². The third-order valence-electron chi connectivity index (χ3n) is 5.17. The lowest BCUT2D eigenvalue weighted by Crippen LogP contribution is -2.51. The summed E-state index contributed by atoms with van der Waals surface area (Å²) in [5, 5.41) is 2.47. The Bertz CT molecular complexity index is 831. The van der Waals surface area contributed by atoms with Gasteiger partial charge in [0.2, 0.25) is 5.91 Å². The number of amides is 1. The number of terminal acetylenes is 1.